The molecule has 3 heterocycles. The molecule has 4 nitrogen and oxygen atoms in total. The largest absolute Gasteiger partial charge is 0.456 e. The van der Waals surface area contributed by atoms with Crippen LogP contribution in [0.25, 0.3) is 116 Å². The number of benzene rings is 9. The first-order chi connectivity index (χ1) is 27.7. The second kappa shape index (κ2) is 12.0. The van der Waals surface area contributed by atoms with Gasteiger partial charge in [-0.05, 0) is 92.3 Å². The second-order valence-corrected chi connectivity index (χ2v) is 14.6. The second-order valence-electron chi connectivity index (χ2n) is 14.6. The fourth-order valence-corrected chi connectivity index (χ4v) is 8.76. The zero-order valence-electron chi connectivity index (χ0n) is 30.1. The van der Waals surface area contributed by atoms with Gasteiger partial charge in [-0.3, -0.25) is 4.57 Å². The predicted octanol–water partition coefficient (Wildman–Crippen LogP) is 13.9. The molecule has 12 aromatic rings. The Morgan fingerprint density at radius 3 is 1.84 bits per heavy atom. The average Bonchev–Trinajstić information content (AvgIpc) is 3.80. The van der Waals surface area contributed by atoms with E-state index in [1.54, 1.807) is 0 Å². The van der Waals surface area contributed by atoms with E-state index in [0.717, 1.165) is 77.0 Å². The molecule has 0 aliphatic heterocycles. The molecular weight excluding hydrogens is 683 g/mol. The van der Waals surface area contributed by atoms with Crippen molar-refractivity contribution >= 4 is 76.2 Å². The van der Waals surface area contributed by atoms with Crippen LogP contribution in [0, 0.1) is 0 Å². The minimum absolute atomic E-state index is 0.623. The monoisotopic (exact) mass is 713 g/mol. The lowest BCUT2D eigenvalue weighted by Gasteiger charge is -2.14. The van der Waals surface area contributed by atoms with Crippen LogP contribution in [-0.2, 0) is 0 Å². The van der Waals surface area contributed by atoms with Gasteiger partial charge in [0, 0.05) is 32.5 Å². The van der Waals surface area contributed by atoms with Crippen molar-refractivity contribution < 1.29 is 4.42 Å². The maximum atomic E-state index is 6.75. The Labute approximate surface area is 321 Å². The summed E-state index contributed by atoms with van der Waals surface area (Å²) in [5.41, 5.74) is 11.1. The summed E-state index contributed by atoms with van der Waals surface area (Å²) in [4.78, 5) is 11.0. The van der Waals surface area contributed by atoms with Crippen molar-refractivity contribution in [2.24, 2.45) is 0 Å². The van der Waals surface area contributed by atoms with Crippen LogP contribution in [0.15, 0.2) is 192 Å². The lowest BCUT2D eigenvalue weighted by Crippen LogP contribution is -2.03. The van der Waals surface area contributed by atoms with E-state index < -0.39 is 0 Å². The van der Waals surface area contributed by atoms with Crippen molar-refractivity contribution in [3.05, 3.63) is 188 Å². The molecule has 0 saturated carbocycles. The van der Waals surface area contributed by atoms with Crippen molar-refractivity contribution in [2.45, 2.75) is 0 Å². The highest BCUT2D eigenvalue weighted by molar-refractivity contribution is 6.22. The SMILES string of the molecule is c1ccc(-c2cc(-c3nc(-n4c5ccc(-c6ccccc6)cc5c5c6ccccc6ccc54)nc4ccccc34)c3c(c2)oc2cc4ccccc4cc23)cc1. The molecule has 0 amide bonds. The average molecular weight is 714 g/mol. The molecule has 3 aromatic heterocycles. The van der Waals surface area contributed by atoms with Crippen LogP contribution >= 0.6 is 0 Å². The Balaban J connectivity index is 1.20. The summed E-state index contributed by atoms with van der Waals surface area (Å²) in [6, 6.07) is 66.7. The number of hydrogen-bond acceptors (Lipinski definition) is 3. The summed E-state index contributed by atoms with van der Waals surface area (Å²) < 4.78 is 9.01. The first-order valence-corrected chi connectivity index (χ1v) is 19.0. The molecule has 0 saturated heterocycles. The van der Waals surface area contributed by atoms with Crippen molar-refractivity contribution in [3.8, 4) is 39.5 Å². The quantitative estimate of drug-likeness (QED) is 0.182. The van der Waals surface area contributed by atoms with Gasteiger partial charge in [-0.15, -0.1) is 0 Å². The molecule has 0 aliphatic rings. The van der Waals surface area contributed by atoms with E-state index in [4.69, 9.17) is 14.4 Å². The maximum Gasteiger partial charge on any atom is 0.235 e. The number of hydrogen-bond donors (Lipinski definition) is 0. The smallest absolute Gasteiger partial charge is 0.235 e. The summed E-state index contributed by atoms with van der Waals surface area (Å²) >= 11 is 0. The molecule has 0 bridgehead atoms. The third-order valence-electron chi connectivity index (χ3n) is 11.4. The molecular formula is C52H31N3O. The third kappa shape index (κ3) is 4.66. The Kier molecular flexibility index (Phi) is 6.60. The molecule has 12 rings (SSSR count). The summed E-state index contributed by atoms with van der Waals surface area (Å²) in [7, 11) is 0. The van der Waals surface area contributed by atoms with Crippen molar-refractivity contribution in [1.29, 1.82) is 0 Å². The normalized spacial score (nSPS) is 11.9. The Morgan fingerprint density at radius 1 is 0.375 bits per heavy atom. The van der Waals surface area contributed by atoms with E-state index >= 15 is 0 Å². The molecule has 4 heteroatoms. The van der Waals surface area contributed by atoms with E-state index in [2.05, 4.69) is 193 Å². The van der Waals surface area contributed by atoms with Gasteiger partial charge < -0.3 is 4.42 Å². The van der Waals surface area contributed by atoms with Crippen LogP contribution in [0.4, 0.5) is 0 Å². The first-order valence-electron chi connectivity index (χ1n) is 19.0. The van der Waals surface area contributed by atoms with Gasteiger partial charge in [0.2, 0.25) is 5.95 Å². The van der Waals surface area contributed by atoms with E-state index in [1.807, 2.05) is 0 Å². The lowest BCUT2D eigenvalue weighted by molar-refractivity contribution is 0.669. The zero-order chi connectivity index (χ0) is 36.7. The predicted molar refractivity (Wildman–Crippen MR) is 232 cm³/mol. The van der Waals surface area contributed by atoms with Crippen LogP contribution in [0.1, 0.15) is 0 Å². The van der Waals surface area contributed by atoms with Gasteiger partial charge in [-0.2, -0.15) is 0 Å². The number of para-hydroxylation sites is 1. The van der Waals surface area contributed by atoms with Crippen molar-refractivity contribution in [1.82, 2.24) is 14.5 Å². The van der Waals surface area contributed by atoms with Gasteiger partial charge in [0.25, 0.3) is 0 Å². The Hall–Kier alpha value is -7.56. The number of rotatable bonds is 4. The molecule has 0 unspecified atom stereocenters. The zero-order valence-corrected chi connectivity index (χ0v) is 30.1. The van der Waals surface area contributed by atoms with Crippen LogP contribution in [-0.4, -0.2) is 14.5 Å². The standard InChI is InChI=1S/C52H31N3O/c1-3-13-32(14-4-1)37-24-25-45-41(27-37)49-39-20-10-9-17-34(39)23-26-46(49)55(45)52-53-44-22-12-11-21-40(44)51(54-52)43-29-38(33-15-5-2-6-16-33)31-48-50(43)42-28-35-18-7-8-19-36(35)30-47(42)56-48/h1-31H. The van der Waals surface area contributed by atoms with Gasteiger partial charge in [0.1, 0.15) is 11.2 Å². The molecule has 0 spiro atoms. The van der Waals surface area contributed by atoms with E-state index in [-0.39, 0.29) is 0 Å². The fraction of sp³-hybridized carbons (Fsp3) is 0. The minimum Gasteiger partial charge on any atom is -0.456 e. The highest BCUT2D eigenvalue weighted by atomic mass is 16.3. The van der Waals surface area contributed by atoms with Gasteiger partial charge in [-0.25, -0.2) is 9.97 Å². The van der Waals surface area contributed by atoms with Crippen LogP contribution < -0.4 is 0 Å². The molecule has 9 aromatic carbocycles. The lowest BCUT2D eigenvalue weighted by atomic mass is 9.95. The summed E-state index contributed by atoms with van der Waals surface area (Å²) in [5.74, 6) is 0.623. The van der Waals surface area contributed by atoms with Gasteiger partial charge in [-0.1, -0.05) is 140 Å². The van der Waals surface area contributed by atoms with E-state index in [1.165, 1.54) is 32.7 Å². The molecule has 0 fully saturated rings. The van der Waals surface area contributed by atoms with E-state index in [0.29, 0.717) is 5.95 Å². The third-order valence-corrected chi connectivity index (χ3v) is 11.4. The van der Waals surface area contributed by atoms with Crippen molar-refractivity contribution in [2.75, 3.05) is 0 Å². The van der Waals surface area contributed by atoms with Crippen LogP contribution in [0.2, 0.25) is 0 Å². The Bertz CT molecular complexity index is 3530. The topological polar surface area (TPSA) is 43.9 Å². The maximum absolute atomic E-state index is 6.75. The number of nitrogens with zero attached hydrogens (tertiary/aromatic N) is 3. The summed E-state index contributed by atoms with van der Waals surface area (Å²) in [6.07, 6.45) is 0. The van der Waals surface area contributed by atoms with Gasteiger partial charge >= 0.3 is 0 Å². The molecule has 56 heavy (non-hydrogen) atoms. The summed E-state index contributed by atoms with van der Waals surface area (Å²) in [5, 5.41) is 10.2. The fourth-order valence-electron chi connectivity index (χ4n) is 8.76. The molecule has 0 aliphatic carbocycles. The Morgan fingerprint density at radius 2 is 1.04 bits per heavy atom. The molecule has 0 radical (unpaired) electrons. The van der Waals surface area contributed by atoms with E-state index in [9.17, 15) is 0 Å². The number of fused-ring (bicyclic) bond motifs is 10. The molecule has 260 valence electrons. The number of aromatic nitrogens is 3. The highest BCUT2D eigenvalue weighted by Crippen LogP contribution is 2.44. The van der Waals surface area contributed by atoms with Gasteiger partial charge in [0.15, 0.2) is 0 Å². The van der Waals surface area contributed by atoms with Gasteiger partial charge in [0.05, 0.1) is 22.2 Å². The minimum atomic E-state index is 0.623. The molecule has 0 atom stereocenters. The van der Waals surface area contributed by atoms with Crippen LogP contribution in [0.5, 0.6) is 0 Å². The first kappa shape index (κ1) is 30.9. The number of furan rings is 1. The van der Waals surface area contributed by atoms with Crippen LogP contribution in [0.3, 0.4) is 0 Å². The van der Waals surface area contributed by atoms with Crippen molar-refractivity contribution in [3.63, 3.8) is 0 Å². The molecule has 0 N–H and O–H groups in total. The summed E-state index contributed by atoms with van der Waals surface area (Å²) in [6.45, 7) is 0. The highest BCUT2D eigenvalue weighted by Gasteiger charge is 2.23.